The quantitative estimate of drug-likeness (QED) is 0.567. The Morgan fingerprint density at radius 1 is 1.37 bits per heavy atom. The van der Waals surface area contributed by atoms with Crippen LogP contribution in [0.25, 0.3) is 0 Å². The number of anilines is 2. The second kappa shape index (κ2) is 5.57. The molecule has 4 N–H and O–H groups in total. The average molecular weight is 277 g/mol. The van der Waals surface area contributed by atoms with Crippen LogP contribution in [0.15, 0.2) is 6.07 Å². The molecule has 1 fully saturated rings. The van der Waals surface area contributed by atoms with Gasteiger partial charge in [0.1, 0.15) is 11.6 Å². The summed E-state index contributed by atoms with van der Waals surface area (Å²) < 4.78 is 42.9. The van der Waals surface area contributed by atoms with E-state index < -0.39 is 12.0 Å². The van der Waals surface area contributed by atoms with Crippen LogP contribution in [-0.4, -0.2) is 29.7 Å². The molecule has 6 nitrogen and oxygen atoms in total. The second-order valence-corrected chi connectivity index (χ2v) is 4.21. The molecule has 1 saturated heterocycles. The molecular weight excluding hydrogens is 263 g/mol. The summed E-state index contributed by atoms with van der Waals surface area (Å²) in [7, 11) is 0. The number of hydrazine groups is 1. The number of rotatable bonds is 4. The molecule has 2 heterocycles. The average Bonchev–Trinajstić information content (AvgIpc) is 2.88. The van der Waals surface area contributed by atoms with Crippen LogP contribution < -0.4 is 16.6 Å². The monoisotopic (exact) mass is 277 g/mol. The van der Waals surface area contributed by atoms with Gasteiger partial charge in [0, 0.05) is 25.1 Å². The van der Waals surface area contributed by atoms with E-state index in [1.54, 1.807) is 0 Å². The summed E-state index contributed by atoms with van der Waals surface area (Å²) in [6.07, 6.45) is -3.73. The predicted molar refractivity (Wildman–Crippen MR) is 62.3 cm³/mol. The highest BCUT2D eigenvalue weighted by Crippen LogP contribution is 2.28. The zero-order valence-corrected chi connectivity index (χ0v) is 10.00. The highest BCUT2D eigenvalue weighted by molar-refractivity contribution is 5.47. The van der Waals surface area contributed by atoms with E-state index in [0.29, 0.717) is 19.8 Å². The molecule has 1 aliphatic heterocycles. The van der Waals surface area contributed by atoms with Gasteiger partial charge in [0.15, 0.2) is 0 Å². The van der Waals surface area contributed by atoms with Gasteiger partial charge in [-0.25, -0.2) is 15.8 Å². The Bertz CT molecular complexity index is 434. The van der Waals surface area contributed by atoms with E-state index in [0.717, 1.165) is 6.42 Å². The zero-order valence-electron chi connectivity index (χ0n) is 10.00. The van der Waals surface area contributed by atoms with Crippen LogP contribution in [0.3, 0.4) is 0 Å². The summed E-state index contributed by atoms with van der Waals surface area (Å²) >= 11 is 0. The normalized spacial score (nSPS) is 19.5. The lowest BCUT2D eigenvalue weighted by Crippen LogP contribution is -2.19. The molecule has 2 rings (SSSR count). The van der Waals surface area contributed by atoms with Crippen molar-refractivity contribution in [2.45, 2.75) is 12.6 Å². The summed E-state index contributed by atoms with van der Waals surface area (Å²) in [5.74, 6) is 4.14. The Morgan fingerprint density at radius 3 is 2.68 bits per heavy atom. The maximum absolute atomic E-state index is 12.6. The number of hydrogen-bond donors (Lipinski definition) is 3. The van der Waals surface area contributed by atoms with Crippen molar-refractivity contribution in [3.63, 3.8) is 0 Å². The number of halogens is 3. The van der Waals surface area contributed by atoms with Gasteiger partial charge in [0.05, 0.1) is 6.61 Å². The summed E-state index contributed by atoms with van der Waals surface area (Å²) in [5.41, 5.74) is 2.09. The molecule has 1 aromatic heterocycles. The van der Waals surface area contributed by atoms with E-state index in [-0.39, 0.29) is 17.6 Å². The lowest BCUT2D eigenvalue weighted by atomic mass is 10.1. The molecule has 0 radical (unpaired) electrons. The van der Waals surface area contributed by atoms with Gasteiger partial charge in [-0.1, -0.05) is 0 Å². The lowest BCUT2D eigenvalue weighted by molar-refractivity contribution is -0.144. The van der Waals surface area contributed by atoms with E-state index >= 15 is 0 Å². The third-order valence-electron chi connectivity index (χ3n) is 2.72. The van der Waals surface area contributed by atoms with Gasteiger partial charge in [0.2, 0.25) is 5.82 Å². The molecule has 19 heavy (non-hydrogen) atoms. The molecule has 1 atom stereocenters. The topological polar surface area (TPSA) is 85.1 Å². The minimum absolute atomic E-state index is 0.0853. The molecule has 0 bridgehead atoms. The smallest absolute Gasteiger partial charge is 0.381 e. The van der Waals surface area contributed by atoms with Crippen molar-refractivity contribution in [3.05, 3.63) is 11.9 Å². The molecular formula is C10H14F3N5O. The number of ether oxygens (including phenoxy) is 1. The Morgan fingerprint density at radius 2 is 2.11 bits per heavy atom. The highest BCUT2D eigenvalue weighted by Gasteiger charge is 2.35. The van der Waals surface area contributed by atoms with Crippen LogP contribution >= 0.6 is 0 Å². The third kappa shape index (κ3) is 3.67. The van der Waals surface area contributed by atoms with Crippen LogP contribution in [0.4, 0.5) is 24.8 Å². The van der Waals surface area contributed by atoms with E-state index in [1.807, 2.05) is 0 Å². The van der Waals surface area contributed by atoms with Crippen molar-refractivity contribution < 1.29 is 17.9 Å². The fraction of sp³-hybridized carbons (Fsp3) is 0.600. The molecule has 0 saturated carbocycles. The van der Waals surface area contributed by atoms with E-state index in [9.17, 15) is 13.2 Å². The molecule has 0 aliphatic carbocycles. The summed E-state index contributed by atoms with van der Waals surface area (Å²) in [5, 5.41) is 2.85. The Balaban J connectivity index is 2.10. The standard InChI is InChI=1S/C10H14F3N5O/c11-10(12,13)9-16-7(3-8(17-9)18-14)15-4-6-1-2-19-5-6/h3,6H,1-2,4-5,14H2,(H2,15,16,17,18). The van der Waals surface area contributed by atoms with Gasteiger partial charge in [-0.3, -0.25) is 0 Å². The fourth-order valence-corrected chi connectivity index (χ4v) is 1.73. The number of alkyl halides is 3. The first-order valence-electron chi connectivity index (χ1n) is 5.73. The van der Waals surface area contributed by atoms with Crippen LogP contribution in [0.1, 0.15) is 12.2 Å². The minimum atomic E-state index is -4.61. The fourth-order valence-electron chi connectivity index (χ4n) is 1.73. The number of nitrogens with two attached hydrogens (primary N) is 1. The molecule has 9 heteroatoms. The van der Waals surface area contributed by atoms with Crippen molar-refractivity contribution >= 4 is 11.6 Å². The summed E-state index contributed by atoms with van der Waals surface area (Å²) in [6.45, 7) is 1.78. The molecule has 106 valence electrons. The highest BCUT2D eigenvalue weighted by atomic mass is 19.4. The number of aromatic nitrogens is 2. The maximum atomic E-state index is 12.6. The van der Waals surface area contributed by atoms with Crippen LogP contribution in [-0.2, 0) is 10.9 Å². The Kier molecular flexibility index (Phi) is 4.05. The van der Waals surface area contributed by atoms with Crippen molar-refractivity contribution in [2.24, 2.45) is 11.8 Å². The molecule has 1 aromatic rings. The van der Waals surface area contributed by atoms with Crippen LogP contribution in [0, 0.1) is 5.92 Å². The molecule has 0 spiro atoms. The van der Waals surface area contributed by atoms with E-state index in [1.165, 1.54) is 6.07 Å². The Labute approximate surface area is 107 Å². The zero-order chi connectivity index (χ0) is 13.9. The predicted octanol–water partition coefficient (Wildman–Crippen LogP) is 1.23. The van der Waals surface area contributed by atoms with Gasteiger partial charge in [-0.2, -0.15) is 13.2 Å². The lowest BCUT2D eigenvalue weighted by Gasteiger charge is -2.13. The van der Waals surface area contributed by atoms with Gasteiger partial charge in [-0.05, 0) is 6.42 Å². The summed E-state index contributed by atoms with van der Waals surface area (Å²) in [4.78, 5) is 6.70. The second-order valence-electron chi connectivity index (χ2n) is 4.21. The molecule has 1 unspecified atom stereocenters. The number of hydrogen-bond acceptors (Lipinski definition) is 6. The van der Waals surface area contributed by atoms with Gasteiger partial charge < -0.3 is 15.5 Å². The van der Waals surface area contributed by atoms with Gasteiger partial charge in [0.25, 0.3) is 0 Å². The molecule has 0 amide bonds. The number of nitrogens with one attached hydrogen (secondary N) is 2. The van der Waals surface area contributed by atoms with Gasteiger partial charge in [-0.15, -0.1) is 0 Å². The first-order chi connectivity index (χ1) is 8.99. The Hall–Kier alpha value is -1.61. The summed E-state index contributed by atoms with van der Waals surface area (Å²) in [6, 6.07) is 1.32. The minimum Gasteiger partial charge on any atom is -0.381 e. The van der Waals surface area contributed by atoms with E-state index in [4.69, 9.17) is 10.6 Å². The van der Waals surface area contributed by atoms with Crippen LogP contribution in [0.5, 0.6) is 0 Å². The SMILES string of the molecule is NNc1cc(NCC2CCOC2)nc(C(F)(F)F)n1. The number of nitrogen functional groups attached to an aromatic ring is 1. The first kappa shape index (κ1) is 13.8. The van der Waals surface area contributed by atoms with Crippen molar-refractivity contribution in [2.75, 3.05) is 30.5 Å². The molecule has 1 aliphatic rings. The van der Waals surface area contributed by atoms with Crippen molar-refractivity contribution in [1.82, 2.24) is 9.97 Å². The maximum Gasteiger partial charge on any atom is 0.451 e. The van der Waals surface area contributed by atoms with Crippen LogP contribution in [0.2, 0.25) is 0 Å². The molecule has 0 aromatic carbocycles. The van der Waals surface area contributed by atoms with Gasteiger partial charge >= 0.3 is 6.18 Å². The van der Waals surface area contributed by atoms with Crippen molar-refractivity contribution in [3.8, 4) is 0 Å². The first-order valence-corrected chi connectivity index (χ1v) is 5.73. The van der Waals surface area contributed by atoms with Crippen molar-refractivity contribution in [1.29, 1.82) is 0 Å². The third-order valence-corrected chi connectivity index (χ3v) is 2.72. The van der Waals surface area contributed by atoms with E-state index in [2.05, 4.69) is 20.7 Å². The largest absolute Gasteiger partial charge is 0.451 e. The number of nitrogens with zero attached hydrogens (tertiary/aromatic N) is 2.